The summed E-state index contributed by atoms with van der Waals surface area (Å²) in [5.41, 5.74) is 1.66. The minimum Gasteiger partial charge on any atom is -0.507 e. The molecule has 0 fully saturated rings. The highest BCUT2D eigenvalue weighted by Gasteiger charge is 2.24. The zero-order valence-electron chi connectivity index (χ0n) is 15.2. The highest BCUT2D eigenvalue weighted by molar-refractivity contribution is 6.15. The second kappa shape index (κ2) is 8.12. The standard InChI is InChI=1S/C21H21NO6/c23-18-12-17-13(5-3-9-22(17)10-4-8-19(24)25)11-16(18)20(26)14-6-1-2-7-15(14)21(27)28/h1-2,6-7,11-12,23H,3-5,8-10H2,(H,24,25)(H,27,28). The number of rotatable bonds is 7. The lowest BCUT2D eigenvalue weighted by molar-refractivity contribution is -0.137. The largest absolute Gasteiger partial charge is 0.507 e. The third-order valence-electron chi connectivity index (χ3n) is 4.88. The topological polar surface area (TPSA) is 115 Å². The maximum atomic E-state index is 12.9. The van der Waals surface area contributed by atoms with E-state index < -0.39 is 17.7 Å². The van der Waals surface area contributed by atoms with Gasteiger partial charge in [0.1, 0.15) is 5.75 Å². The molecule has 3 rings (SSSR count). The van der Waals surface area contributed by atoms with Crippen molar-refractivity contribution in [3.05, 3.63) is 58.7 Å². The van der Waals surface area contributed by atoms with E-state index in [1.54, 1.807) is 18.2 Å². The van der Waals surface area contributed by atoms with E-state index in [2.05, 4.69) is 0 Å². The molecule has 0 atom stereocenters. The number of phenolic OH excluding ortho intramolecular Hbond substituents is 1. The minimum atomic E-state index is -1.20. The number of hydrogen-bond acceptors (Lipinski definition) is 5. The van der Waals surface area contributed by atoms with Gasteiger partial charge in [-0.05, 0) is 37.0 Å². The van der Waals surface area contributed by atoms with Crippen LogP contribution < -0.4 is 4.90 Å². The predicted octanol–water partition coefficient (Wildman–Crippen LogP) is 2.94. The Morgan fingerprint density at radius 2 is 1.71 bits per heavy atom. The van der Waals surface area contributed by atoms with Crippen molar-refractivity contribution in [2.45, 2.75) is 25.7 Å². The van der Waals surface area contributed by atoms with Crippen LogP contribution in [0.2, 0.25) is 0 Å². The van der Waals surface area contributed by atoms with Crippen LogP contribution in [0.5, 0.6) is 5.75 Å². The molecular weight excluding hydrogens is 362 g/mol. The Morgan fingerprint density at radius 1 is 1.00 bits per heavy atom. The van der Waals surface area contributed by atoms with Gasteiger partial charge >= 0.3 is 11.9 Å². The lowest BCUT2D eigenvalue weighted by atomic mass is 9.93. The highest BCUT2D eigenvalue weighted by Crippen LogP contribution is 2.34. The number of fused-ring (bicyclic) bond motifs is 1. The summed E-state index contributed by atoms with van der Waals surface area (Å²) in [6, 6.07) is 9.06. The van der Waals surface area contributed by atoms with E-state index in [0.717, 1.165) is 30.6 Å². The van der Waals surface area contributed by atoms with Crippen LogP contribution in [-0.2, 0) is 11.2 Å². The second-order valence-electron chi connectivity index (χ2n) is 6.77. The van der Waals surface area contributed by atoms with E-state index in [9.17, 15) is 24.6 Å². The van der Waals surface area contributed by atoms with E-state index in [1.165, 1.54) is 18.2 Å². The number of aromatic carboxylic acids is 1. The molecule has 0 bridgehead atoms. The van der Waals surface area contributed by atoms with Gasteiger partial charge in [-0.15, -0.1) is 0 Å². The lowest BCUT2D eigenvalue weighted by Crippen LogP contribution is -2.30. The van der Waals surface area contributed by atoms with Crippen LogP contribution in [0.4, 0.5) is 5.69 Å². The summed E-state index contributed by atoms with van der Waals surface area (Å²) >= 11 is 0. The van der Waals surface area contributed by atoms with E-state index in [4.69, 9.17) is 5.11 Å². The molecule has 28 heavy (non-hydrogen) atoms. The SMILES string of the molecule is O=C(O)CCCN1CCCc2cc(C(=O)c3ccccc3C(=O)O)c(O)cc21. The normalized spacial score (nSPS) is 13.1. The molecule has 0 aliphatic carbocycles. The Bertz CT molecular complexity index is 936. The van der Waals surface area contributed by atoms with Crippen LogP contribution in [0.15, 0.2) is 36.4 Å². The van der Waals surface area contributed by atoms with E-state index >= 15 is 0 Å². The van der Waals surface area contributed by atoms with E-state index in [0.29, 0.717) is 13.0 Å². The maximum absolute atomic E-state index is 12.9. The van der Waals surface area contributed by atoms with Gasteiger partial charge in [-0.2, -0.15) is 0 Å². The average molecular weight is 383 g/mol. The molecule has 0 radical (unpaired) electrons. The number of anilines is 1. The quantitative estimate of drug-likeness (QED) is 0.630. The molecule has 0 amide bonds. The fourth-order valence-corrected chi connectivity index (χ4v) is 3.55. The van der Waals surface area contributed by atoms with Crippen LogP contribution >= 0.6 is 0 Å². The Balaban J connectivity index is 1.92. The van der Waals surface area contributed by atoms with Gasteiger partial charge in [0, 0.05) is 36.8 Å². The highest BCUT2D eigenvalue weighted by atomic mass is 16.4. The Hall–Kier alpha value is -3.35. The zero-order valence-corrected chi connectivity index (χ0v) is 15.2. The van der Waals surface area contributed by atoms with Crippen molar-refractivity contribution in [1.29, 1.82) is 0 Å². The summed E-state index contributed by atoms with van der Waals surface area (Å²) in [6.07, 6.45) is 2.14. The molecule has 0 aromatic heterocycles. The first-order valence-electron chi connectivity index (χ1n) is 9.08. The van der Waals surface area contributed by atoms with Gasteiger partial charge in [0.2, 0.25) is 0 Å². The number of carbonyl (C=O) groups is 3. The third-order valence-corrected chi connectivity index (χ3v) is 4.88. The van der Waals surface area contributed by atoms with Gasteiger partial charge in [-0.25, -0.2) is 4.79 Å². The number of aliphatic carboxylic acids is 1. The number of aromatic hydroxyl groups is 1. The van der Waals surface area contributed by atoms with E-state index in [1.807, 2.05) is 4.90 Å². The average Bonchev–Trinajstić information content (AvgIpc) is 2.67. The molecule has 2 aromatic carbocycles. The maximum Gasteiger partial charge on any atom is 0.336 e. The number of carboxylic acid groups (broad SMARTS) is 2. The molecule has 0 saturated heterocycles. The number of carbonyl (C=O) groups excluding carboxylic acids is 1. The first-order valence-corrected chi connectivity index (χ1v) is 9.08. The third kappa shape index (κ3) is 3.98. The number of aryl methyl sites for hydroxylation is 1. The van der Waals surface area contributed by atoms with Gasteiger partial charge < -0.3 is 20.2 Å². The fourth-order valence-electron chi connectivity index (χ4n) is 3.55. The lowest BCUT2D eigenvalue weighted by Gasteiger charge is -2.31. The summed E-state index contributed by atoms with van der Waals surface area (Å²) in [4.78, 5) is 37.1. The summed E-state index contributed by atoms with van der Waals surface area (Å²) < 4.78 is 0. The van der Waals surface area contributed by atoms with E-state index in [-0.39, 0.29) is 28.9 Å². The fraction of sp³-hybridized carbons (Fsp3) is 0.286. The molecule has 1 aliphatic heterocycles. The molecule has 2 aromatic rings. The zero-order chi connectivity index (χ0) is 20.3. The van der Waals surface area contributed by atoms with Gasteiger partial charge in [-0.1, -0.05) is 18.2 Å². The Morgan fingerprint density at radius 3 is 2.39 bits per heavy atom. The van der Waals surface area contributed by atoms with Crippen molar-refractivity contribution < 1.29 is 29.7 Å². The van der Waals surface area contributed by atoms with Crippen molar-refractivity contribution in [3.8, 4) is 5.75 Å². The van der Waals surface area contributed by atoms with Crippen LogP contribution in [0.25, 0.3) is 0 Å². The summed E-state index contributed by atoms with van der Waals surface area (Å²) in [6.45, 7) is 1.30. The van der Waals surface area contributed by atoms with Gasteiger partial charge in [0.25, 0.3) is 0 Å². The number of ketones is 1. The van der Waals surface area contributed by atoms with Crippen molar-refractivity contribution >= 4 is 23.4 Å². The van der Waals surface area contributed by atoms with Crippen LogP contribution in [-0.4, -0.2) is 46.1 Å². The smallest absolute Gasteiger partial charge is 0.336 e. The molecule has 1 aliphatic rings. The predicted molar refractivity (Wildman–Crippen MR) is 102 cm³/mol. The summed E-state index contributed by atoms with van der Waals surface area (Å²) in [5.74, 6) is -2.81. The molecule has 3 N–H and O–H groups in total. The van der Waals surface area contributed by atoms with Gasteiger partial charge in [-0.3, -0.25) is 9.59 Å². The molecule has 146 valence electrons. The Kier molecular flexibility index (Phi) is 5.63. The van der Waals surface area contributed by atoms with Crippen LogP contribution in [0, 0.1) is 0 Å². The number of hydrogen-bond donors (Lipinski definition) is 3. The first-order chi connectivity index (χ1) is 13.4. The van der Waals surface area contributed by atoms with Crippen molar-refractivity contribution in [1.82, 2.24) is 0 Å². The number of phenols is 1. The monoisotopic (exact) mass is 383 g/mol. The van der Waals surface area contributed by atoms with Crippen LogP contribution in [0.1, 0.15) is 51.1 Å². The molecule has 0 saturated carbocycles. The number of nitrogens with zero attached hydrogens (tertiary/aromatic N) is 1. The second-order valence-corrected chi connectivity index (χ2v) is 6.77. The number of carboxylic acids is 2. The molecule has 7 heteroatoms. The van der Waals surface area contributed by atoms with Crippen molar-refractivity contribution in [2.24, 2.45) is 0 Å². The van der Waals surface area contributed by atoms with Crippen LogP contribution in [0.3, 0.4) is 0 Å². The molecule has 0 unspecified atom stereocenters. The first kappa shape index (κ1) is 19.4. The minimum absolute atomic E-state index is 0.0272. The van der Waals surface area contributed by atoms with Gasteiger partial charge in [0.15, 0.2) is 5.78 Å². The molecular formula is C21H21NO6. The Labute approximate surface area is 161 Å². The van der Waals surface area contributed by atoms with Crippen molar-refractivity contribution in [2.75, 3.05) is 18.0 Å². The molecule has 0 spiro atoms. The number of benzene rings is 2. The summed E-state index contributed by atoms with van der Waals surface area (Å²) in [7, 11) is 0. The molecule has 7 nitrogen and oxygen atoms in total. The van der Waals surface area contributed by atoms with Gasteiger partial charge in [0.05, 0.1) is 11.1 Å². The summed E-state index contributed by atoms with van der Waals surface area (Å²) in [5, 5.41) is 28.6. The van der Waals surface area contributed by atoms with Crippen molar-refractivity contribution in [3.63, 3.8) is 0 Å². The molecule has 1 heterocycles.